The van der Waals surface area contributed by atoms with E-state index < -0.39 is 6.10 Å². The lowest BCUT2D eigenvalue weighted by molar-refractivity contribution is 0.222. The summed E-state index contributed by atoms with van der Waals surface area (Å²) < 4.78 is 4.03. The van der Waals surface area contributed by atoms with Gasteiger partial charge in [0.1, 0.15) is 6.10 Å². The molecule has 0 fully saturated rings. The molecule has 0 aliphatic rings. The Labute approximate surface area is 127 Å². The minimum atomic E-state index is -0.717. The highest BCUT2D eigenvalue weighted by Gasteiger charge is 2.27. The summed E-state index contributed by atoms with van der Waals surface area (Å²) in [6.45, 7) is 6.23. The van der Waals surface area contributed by atoms with Crippen LogP contribution in [-0.4, -0.2) is 19.7 Å². The second kappa shape index (κ2) is 5.16. The number of pyridine rings is 1. The van der Waals surface area contributed by atoms with Gasteiger partial charge in [-0.15, -0.1) is 5.10 Å². The maximum absolute atomic E-state index is 10.8. The van der Waals surface area contributed by atoms with Gasteiger partial charge in [0.05, 0.1) is 10.6 Å². The minimum absolute atomic E-state index is 0.143. The second-order valence-electron chi connectivity index (χ2n) is 6.08. The summed E-state index contributed by atoms with van der Waals surface area (Å²) in [6, 6.07) is 7.81. The zero-order valence-electron chi connectivity index (χ0n) is 12.2. The van der Waals surface area contributed by atoms with Crippen molar-refractivity contribution in [3.05, 3.63) is 52.8 Å². The normalized spacial score (nSPS) is 13.5. The van der Waals surface area contributed by atoms with Crippen molar-refractivity contribution in [1.29, 1.82) is 0 Å². The van der Waals surface area contributed by atoms with Gasteiger partial charge in [-0.1, -0.05) is 43.5 Å². The van der Waals surface area contributed by atoms with Crippen LogP contribution in [0.15, 0.2) is 36.7 Å². The van der Waals surface area contributed by atoms with Crippen molar-refractivity contribution in [3.63, 3.8) is 0 Å². The lowest BCUT2D eigenvalue weighted by atomic mass is 9.89. The molecule has 2 heterocycles. The summed E-state index contributed by atoms with van der Waals surface area (Å²) in [5.41, 5.74) is 1.58. The molecule has 21 heavy (non-hydrogen) atoms. The van der Waals surface area contributed by atoms with E-state index in [1.807, 2.05) is 24.3 Å². The smallest absolute Gasteiger partial charge is 0.117 e. The first-order chi connectivity index (χ1) is 9.98. The van der Waals surface area contributed by atoms with Gasteiger partial charge in [0.15, 0.2) is 0 Å². The van der Waals surface area contributed by atoms with Crippen LogP contribution in [0.3, 0.4) is 0 Å². The lowest BCUT2D eigenvalue weighted by Gasteiger charge is -2.19. The lowest BCUT2D eigenvalue weighted by Crippen LogP contribution is -2.16. The number of nitrogens with zero attached hydrogens (tertiary/aromatic N) is 3. The molecular formula is C16H17N3OS. The third kappa shape index (κ3) is 2.54. The number of fused-ring (bicyclic) bond motifs is 1. The quantitative estimate of drug-likeness (QED) is 0.787. The Morgan fingerprint density at radius 2 is 2.00 bits per heavy atom. The van der Waals surface area contributed by atoms with E-state index in [0.717, 1.165) is 26.9 Å². The van der Waals surface area contributed by atoms with Crippen LogP contribution >= 0.6 is 11.5 Å². The van der Waals surface area contributed by atoms with Gasteiger partial charge < -0.3 is 5.11 Å². The second-order valence-corrected chi connectivity index (χ2v) is 6.87. The number of aliphatic hydroxyl groups excluding tert-OH is 1. The topological polar surface area (TPSA) is 58.9 Å². The van der Waals surface area contributed by atoms with Crippen molar-refractivity contribution in [2.45, 2.75) is 32.3 Å². The largest absolute Gasteiger partial charge is 0.383 e. The Morgan fingerprint density at radius 3 is 2.76 bits per heavy atom. The number of hydrogen-bond donors (Lipinski definition) is 1. The number of aliphatic hydroxyl groups is 1. The molecule has 3 aromatic rings. The van der Waals surface area contributed by atoms with Crippen LogP contribution in [0.25, 0.3) is 10.8 Å². The van der Waals surface area contributed by atoms with E-state index >= 15 is 0 Å². The first kappa shape index (κ1) is 14.1. The van der Waals surface area contributed by atoms with Crippen LogP contribution < -0.4 is 0 Å². The van der Waals surface area contributed by atoms with E-state index in [9.17, 15) is 5.11 Å². The maximum Gasteiger partial charge on any atom is 0.117 e. The fourth-order valence-electron chi connectivity index (χ4n) is 2.42. The van der Waals surface area contributed by atoms with Gasteiger partial charge in [0, 0.05) is 23.2 Å². The average Bonchev–Trinajstić information content (AvgIpc) is 2.95. The Hall–Kier alpha value is -1.85. The molecule has 0 radical (unpaired) electrons. The highest BCUT2D eigenvalue weighted by molar-refractivity contribution is 7.05. The molecule has 1 atom stereocenters. The fraction of sp³-hybridized carbons (Fsp3) is 0.312. The molecule has 5 heteroatoms. The van der Waals surface area contributed by atoms with Crippen LogP contribution in [0.2, 0.25) is 0 Å². The third-order valence-electron chi connectivity index (χ3n) is 3.48. The van der Waals surface area contributed by atoms with Crippen molar-refractivity contribution in [2.24, 2.45) is 0 Å². The number of aromatic nitrogens is 3. The summed E-state index contributed by atoms with van der Waals surface area (Å²) in [5, 5.41) is 17.1. The average molecular weight is 299 g/mol. The summed E-state index contributed by atoms with van der Waals surface area (Å²) in [5.74, 6) is 0. The Kier molecular flexibility index (Phi) is 3.47. The van der Waals surface area contributed by atoms with E-state index in [1.54, 1.807) is 12.4 Å². The molecule has 1 N–H and O–H groups in total. The SMILES string of the molecule is CC(C)(C)c1nnsc1C(O)c1cccc2cnccc12. The van der Waals surface area contributed by atoms with E-state index in [-0.39, 0.29) is 5.41 Å². The summed E-state index contributed by atoms with van der Waals surface area (Å²) >= 11 is 1.26. The monoisotopic (exact) mass is 299 g/mol. The zero-order valence-corrected chi connectivity index (χ0v) is 13.1. The van der Waals surface area contributed by atoms with Crippen LogP contribution in [-0.2, 0) is 5.41 Å². The van der Waals surface area contributed by atoms with Crippen molar-refractivity contribution in [3.8, 4) is 0 Å². The Balaban J connectivity index is 2.14. The molecule has 0 aliphatic carbocycles. The predicted molar refractivity (Wildman–Crippen MR) is 84.4 cm³/mol. The molecule has 2 aromatic heterocycles. The van der Waals surface area contributed by atoms with Gasteiger partial charge in [0.2, 0.25) is 0 Å². The molecule has 108 valence electrons. The standard InChI is InChI=1S/C16H17N3OS/c1-16(2,3)15-14(21-19-18-15)13(20)12-6-4-5-10-9-17-8-7-11(10)12/h4-9,13,20H,1-3H3. The fourth-order valence-corrected chi connectivity index (χ4v) is 3.29. The molecule has 0 aliphatic heterocycles. The number of hydrogen-bond acceptors (Lipinski definition) is 5. The summed E-state index contributed by atoms with van der Waals surface area (Å²) in [6.07, 6.45) is 2.83. The molecule has 0 saturated heterocycles. The van der Waals surface area contributed by atoms with Crippen LogP contribution in [0.1, 0.15) is 43.0 Å². The van der Waals surface area contributed by atoms with Gasteiger partial charge in [-0.3, -0.25) is 4.98 Å². The summed E-state index contributed by atoms with van der Waals surface area (Å²) in [4.78, 5) is 4.94. The van der Waals surface area contributed by atoms with Crippen molar-refractivity contribution < 1.29 is 5.11 Å². The van der Waals surface area contributed by atoms with Gasteiger partial charge >= 0.3 is 0 Å². The number of benzene rings is 1. The number of rotatable bonds is 2. The first-order valence-corrected chi connectivity index (χ1v) is 7.59. The van der Waals surface area contributed by atoms with Gasteiger partial charge in [-0.2, -0.15) is 0 Å². The molecule has 0 saturated carbocycles. The Bertz CT molecular complexity index is 771. The van der Waals surface area contributed by atoms with E-state index in [2.05, 4.69) is 35.3 Å². The molecule has 1 unspecified atom stereocenters. The van der Waals surface area contributed by atoms with E-state index in [4.69, 9.17) is 0 Å². The molecule has 0 bridgehead atoms. The van der Waals surface area contributed by atoms with Crippen molar-refractivity contribution in [1.82, 2.24) is 14.6 Å². The zero-order chi connectivity index (χ0) is 15.0. The molecule has 0 spiro atoms. The van der Waals surface area contributed by atoms with Crippen LogP contribution in [0.5, 0.6) is 0 Å². The van der Waals surface area contributed by atoms with E-state index in [0.29, 0.717) is 0 Å². The molecule has 4 nitrogen and oxygen atoms in total. The molecule has 0 amide bonds. The molecule has 3 rings (SSSR count). The van der Waals surface area contributed by atoms with Crippen LogP contribution in [0.4, 0.5) is 0 Å². The van der Waals surface area contributed by atoms with E-state index in [1.165, 1.54) is 11.5 Å². The van der Waals surface area contributed by atoms with Crippen LogP contribution in [0, 0.1) is 0 Å². The highest BCUT2D eigenvalue weighted by atomic mass is 32.1. The molecule has 1 aromatic carbocycles. The minimum Gasteiger partial charge on any atom is -0.383 e. The van der Waals surface area contributed by atoms with Gasteiger partial charge in [-0.05, 0) is 28.5 Å². The van der Waals surface area contributed by atoms with Crippen molar-refractivity contribution in [2.75, 3.05) is 0 Å². The summed E-state index contributed by atoms with van der Waals surface area (Å²) in [7, 11) is 0. The molecular weight excluding hydrogens is 282 g/mol. The Morgan fingerprint density at radius 1 is 1.19 bits per heavy atom. The highest BCUT2D eigenvalue weighted by Crippen LogP contribution is 2.35. The first-order valence-electron chi connectivity index (χ1n) is 6.82. The third-order valence-corrected chi connectivity index (χ3v) is 4.26. The van der Waals surface area contributed by atoms with Gasteiger partial charge in [-0.25, -0.2) is 0 Å². The van der Waals surface area contributed by atoms with Crippen molar-refractivity contribution >= 4 is 22.3 Å². The van der Waals surface area contributed by atoms with Gasteiger partial charge in [0.25, 0.3) is 0 Å². The predicted octanol–water partition coefficient (Wildman–Crippen LogP) is 3.47. The maximum atomic E-state index is 10.8.